The van der Waals surface area contributed by atoms with Crippen molar-refractivity contribution in [2.75, 3.05) is 0 Å². The van der Waals surface area contributed by atoms with Crippen molar-refractivity contribution in [3.63, 3.8) is 0 Å². The lowest BCUT2D eigenvalue weighted by atomic mass is 10.4. The number of nitrogens with zero attached hydrogens (tertiary/aromatic N) is 1. The summed E-state index contributed by atoms with van der Waals surface area (Å²) >= 11 is 7.78. The summed E-state index contributed by atoms with van der Waals surface area (Å²) in [6.45, 7) is 0. The molecule has 0 radical (unpaired) electrons. The molecule has 1 nitrogen and oxygen atoms in total. The largest absolute Gasteiger partial charge is 0.259 e. The van der Waals surface area contributed by atoms with Crippen LogP contribution in [0.5, 0.6) is 0 Å². The molecular formula is C6H6Cl2IN. The highest BCUT2D eigenvalue weighted by molar-refractivity contribution is 14.1. The summed E-state index contributed by atoms with van der Waals surface area (Å²) in [7, 11) is 0. The molecule has 1 rings (SSSR count). The Labute approximate surface area is 84.7 Å². The second-order valence-electron chi connectivity index (χ2n) is 1.57. The van der Waals surface area contributed by atoms with Crippen LogP contribution in [0.4, 0.5) is 0 Å². The van der Waals surface area contributed by atoms with Crippen molar-refractivity contribution in [3.05, 3.63) is 27.6 Å². The first-order valence-electron chi connectivity index (χ1n) is 2.50. The lowest BCUT2D eigenvalue weighted by Gasteiger charge is -1.94. The van der Waals surface area contributed by atoms with Crippen LogP contribution in [0, 0.1) is 3.57 Å². The fraction of sp³-hybridized carbons (Fsp3) is 0.167. The third-order valence-electron chi connectivity index (χ3n) is 0.961. The molecule has 0 spiro atoms. The van der Waals surface area contributed by atoms with Crippen molar-refractivity contribution >= 4 is 46.6 Å². The number of hydrogen-bond donors (Lipinski definition) is 0. The summed E-state index contributed by atoms with van der Waals surface area (Å²) in [5.74, 6) is 0.499. The second kappa shape index (κ2) is 5.16. The molecule has 0 aliphatic heterocycles. The average Bonchev–Trinajstić information content (AvgIpc) is 1.89. The highest BCUT2D eigenvalue weighted by atomic mass is 127. The van der Waals surface area contributed by atoms with E-state index in [0.717, 1.165) is 9.26 Å². The molecule has 1 aromatic heterocycles. The lowest BCUT2D eigenvalue weighted by Crippen LogP contribution is -1.86. The zero-order chi connectivity index (χ0) is 6.69. The standard InChI is InChI=1S/C6H5ClIN.ClH/c7-4-6-5(8)2-1-3-9-6;/h1-3H,4H2;1H. The van der Waals surface area contributed by atoms with E-state index in [2.05, 4.69) is 27.6 Å². The van der Waals surface area contributed by atoms with Crippen molar-refractivity contribution in [2.45, 2.75) is 5.88 Å². The van der Waals surface area contributed by atoms with E-state index in [4.69, 9.17) is 11.6 Å². The summed E-state index contributed by atoms with van der Waals surface area (Å²) in [5.41, 5.74) is 0.958. The quantitative estimate of drug-likeness (QED) is 0.572. The van der Waals surface area contributed by atoms with Gasteiger partial charge in [-0.3, -0.25) is 4.98 Å². The fourth-order valence-corrected chi connectivity index (χ4v) is 1.49. The predicted molar refractivity (Wildman–Crippen MR) is 53.8 cm³/mol. The van der Waals surface area contributed by atoms with Crippen LogP contribution in [0.25, 0.3) is 0 Å². The van der Waals surface area contributed by atoms with Crippen LogP contribution in [-0.4, -0.2) is 4.98 Å². The van der Waals surface area contributed by atoms with Gasteiger partial charge in [0.05, 0.1) is 11.6 Å². The normalized spacial score (nSPS) is 8.60. The van der Waals surface area contributed by atoms with Crippen LogP contribution in [-0.2, 0) is 5.88 Å². The van der Waals surface area contributed by atoms with Gasteiger partial charge in [-0.1, -0.05) is 0 Å². The molecule has 0 bridgehead atoms. The molecule has 0 saturated heterocycles. The van der Waals surface area contributed by atoms with Gasteiger partial charge in [-0.05, 0) is 34.7 Å². The summed E-state index contributed by atoms with van der Waals surface area (Å²) in [6.07, 6.45) is 1.75. The van der Waals surface area contributed by atoms with Crippen LogP contribution in [0.2, 0.25) is 0 Å². The number of halogens is 3. The Hall–Kier alpha value is 0.460. The molecule has 0 atom stereocenters. The minimum atomic E-state index is 0. The Morgan fingerprint density at radius 2 is 2.30 bits per heavy atom. The number of alkyl halides is 1. The maximum absolute atomic E-state index is 5.56. The van der Waals surface area contributed by atoms with Gasteiger partial charge in [-0.25, -0.2) is 0 Å². The Kier molecular flexibility index (Phi) is 5.39. The van der Waals surface area contributed by atoms with Crippen LogP contribution >= 0.6 is 46.6 Å². The Morgan fingerprint density at radius 1 is 1.60 bits per heavy atom. The van der Waals surface area contributed by atoms with Crippen LogP contribution in [0.3, 0.4) is 0 Å². The van der Waals surface area contributed by atoms with Crippen LogP contribution in [0.1, 0.15) is 5.69 Å². The van der Waals surface area contributed by atoms with Gasteiger partial charge in [0, 0.05) is 9.77 Å². The molecule has 0 aromatic carbocycles. The molecule has 0 unspecified atom stereocenters. The summed E-state index contributed by atoms with van der Waals surface area (Å²) in [4.78, 5) is 4.06. The van der Waals surface area contributed by atoms with Crippen molar-refractivity contribution in [1.82, 2.24) is 4.98 Å². The topological polar surface area (TPSA) is 12.9 Å². The third-order valence-corrected chi connectivity index (χ3v) is 2.20. The van der Waals surface area contributed by atoms with Crippen molar-refractivity contribution in [3.8, 4) is 0 Å². The van der Waals surface area contributed by atoms with Gasteiger partial charge in [0.25, 0.3) is 0 Å². The predicted octanol–water partition coefficient (Wildman–Crippen LogP) is 2.85. The van der Waals surface area contributed by atoms with E-state index in [-0.39, 0.29) is 12.4 Å². The summed E-state index contributed by atoms with van der Waals surface area (Å²) in [6, 6.07) is 3.89. The van der Waals surface area contributed by atoms with Crippen molar-refractivity contribution in [2.24, 2.45) is 0 Å². The number of hydrogen-bond acceptors (Lipinski definition) is 1. The zero-order valence-corrected chi connectivity index (χ0v) is 8.78. The van der Waals surface area contributed by atoms with E-state index in [1.165, 1.54) is 0 Å². The molecule has 1 heterocycles. The SMILES string of the molecule is Cl.ClCc1ncccc1I. The van der Waals surface area contributed by atoms with E-state index in [1.54, 1.807) is 6.20 Å². The number of aromatic nitrogens is 1. The van der Waals surface area contributed by atoms with Gasteiger partial charge < -0.3 is 0 Å². The highest BCUT2D eigenvalue weighted by Gasteiger charge is 1.94. The van der Waals surface area contributed by atoms with E-state index in [9.17, 15) is 0 Å². The maximum atomic E-state index is 5.56. The number of pyridine rings is 1. The monoisotopic (exact) mass is 289 g/mol. The van der Waals surface area contributed by atoms with Gasteiger partial charge in [0.2, 0.25) is 0 Å². The highest BCUT2D eigenvalue weighted by Crippen LogP contribution is 2.09. The van der Waals surface area contributed by atoms with E-state index >= 15 is 0 Å². The molecular weight excluding hydrogens is 284 g/mol. The average molecular weight is 290 g/mol. The first-order chi connectivity index (χ1) is 4.34. The maximum Gasteiger partial charge on any atom is 0.0684 e. The third kappa shape index (κ3) is 2.60. The van der Waals surface area contributed by atoms with Crippen molar-refractivity contribution in [1.29, 1.82) is 0 Å². The smallest absolute Gasteiger partial charge is 0.0684 e. The van der Waals surface area contributed by atoms with Gasteiger partial charge in [0.1, 0.15) is 0 Å². The Balaban J connectivity index is 0.000000810. The molecule has 56 valence electrons. The Morgan fingerprint density at radius 3 is 2.70 bits per heavy atom. The minimum Gasteiger partial charge on any atom is -0.259 e. The molecule has 0 aliphatic rings. The fourth-order valence-electron chi connectivity index (χ4n) is 0.517. The Bertz CT molecular complexity index is 205. The summed E-state index contributed by atoms with van der Waals surface area (Å²) < 4.78 is 1.13. The molecule has 0 aliphatic carbocycles. The molecule has 0 amide bonds. The van der Waals surface area contributed by atoms with Crippen molar-refractivity contribution < 1.29 is 0 Å². The van der Waals surface area contributed by atoms with Gasteiger partial charge in [-0.15, -0.1) is 24.0 Å². The van der Waals surface area contributed by atoms with E-state index < -0.39 is 0 Å². The molecule has 4 heteroatoms. The lowest BCUT2D eigenvalue weighted by molar-refractivity contribution is 1.15. The number of rotatable bonds is 1. The summed E-state index contributed by atoms with van der Waals surface area (Å²) in [5, 5.41) is 0. The van der Waals surface area contributed by atoms with E-state index in [0.29, 0.717) is 5.88 Å². The van der Waals surface area contributed by atoms with Gasteiger partial charge >= 0.3 is 0 Å². The molecule has 10 heavy (non-hydrogen) atoms. The molecule has 0 N–H and O–H groups in total. The second-order valence-corrected chi connectivity index (χ2v) is 3.00. The first-order valence-corrected chi connectivity index (χ1v) is 4.11. The van der Waals surface area contributed by atoms with Gasteiger partial charge in [0.15, 0.2) is 0 Å². The van der Waals surface area contributed by atoms with Gasteiger partial charge in [-0.2, -0.15) is 0 Å². The zero-order valence-electron chi connectivity index (χ0n) is 5.05. The van der Waals surface area contributed by atoms with Crippen LogP contribution in [0.15, 0.2) is 18.3 Å². The van der Waals surface area contributed by atoms with Crippen LogP contribution < -0.4 is 0 Å². The first kappa shape index (κ1) is 10.5. The molecule has 0 fully saturated rings. The van der Waals surface area contributed by atoms with E-state index in [1.807, 2.05) is 12.1 Å². The molecule has 0 saturated carbocycles. The molecule has 1 aromatic rings. The minimum absolute atomic E-state index is 0.